The lowest BCUT2D eigenvalue weighted by Crippen LogP contribution is -2.07. The van der Waals surface area contributed by atoms with Crippen LogP contribution in [0.2, 0.25) is 0 Å². The van der Waals surface area contributed by atoms with Gasteiger partial charge in [-0.05, 0) is 24.7 Å². The van der Waals surface area contributed by atoms with Gasteiger partial charge in [0.25, 0.3) is 0 Å². The van der Waals surface area contributed by atoms with Crippen LogP contribution in [0.25, 0.3) is 0 Å². The second kappa shape index (κ2) is 4.79. The molecule has 1 rings (SSSR count). The van der Waals surface area contributed by atoms with Crippen molar-refractivity contribution in [2.75, 3.05) is 0 Å². The van der Waals surface area contributed by atoms with E-state index in [0.29, 0.717) is 0 Å². The number of hydrogen-bond donors (Lipinski definition) is 0. The predicted molar refractivity (Wildman–Crippen MR) is 50.3 cm³/mol. The lowest BCUT2D eigenvalue weighted by Gasteiger charge is -2.21. The monoisotopic (exact) mass is 153 g/mol. The Morgan fingerprint density at radius 3 is 2.36 bits per heavy atom. The molecule has 1 saturated carbocycles. The Morgan fingerprint density at radius 2 is 1.82 bits per heavy atom. The van der Waals surface area contributed by atoms with Gasteiger partial charge in [-0.1, -0.05) is 46.0 Å². The van der Waals surface area contributed by atoms with Crippen LogP contribution in [0.3, 0.4) is 0 Å². The molecule has 1 fully saturated rings. The van der Waals surface area contributed by atoms with Crippen molar-refractivity contribution in [3.05, 3.63) is 6.42 Å². The van der Waals surface area contributed by atoms with E-state index in [2.05, 4.69) is 20.3 Å². The van der Waals surface area contributed by atoms with Gasteiger partial charge in [-0.2, -0.15) is 0 Å². The molecule has 11 heavy (non-hydrogen) atoms. The molecular formula is C11H21. The van der Waals surface area contributed by atoms with Crippen LogP contribution in [0.4, 0.5) is 0 Å². The molecular weight excluding hydrogens is 132 g/mol. The summed E-state index contributed by atoms with van der Waals surface area (Å²) in [6.07, 6.45) is 11.2. The Hall–Kier alpha value is 0. The third-order valence-corrected chi connectivity index (χ3v) is 2.59. The molecule has 65 valence electrons. The third-order valence-electron chi connectivity index (χ3n) is 2.59. The fraction of sp³-hybridized carbons (Fsp3) is 0.909. The summed E-state index contributed by atoms with van der Waals surface area (Å²) in [6, 6.07) is 0. The van der Waals surface area contributed by atoms with Crippen LogP contribution in [-0.4, -0.2) is 0 Å². The minimum absolute atomic E-state index is 0.858. The summed E-state index contributed by atoms with van der Waals surface area (Å²) < 4.78 is 0. The highest BCUT2D eigenvalue weighted by atomic mass is 14.2. The van der Waals surface area contributed by atoms with Crippen molar-refractivity contribution in [2.24, 2.45) is 11.8 Å². The Labute approximate surface area is 71.4 Å². The molecule has 1 aliphatic carbocycles. The highest BCUT2D eigenvalue weighted by Crippen LogP contribution is 2.27. The van der Waals surface area contributed by atoms with E-state index in [1.807, 2.05) is 0 Å². The van der Waals surface area contributed by atoms with Crippen molar-refractivity contribution < 1.29 is 0 Å². The molecule has 0 atom stereocenters. The van der Waals surface area contributed by atoms with E-state index < -0.39 is 0 Å². The van der Waals surface area contributed by atoms with Crippen LogP contribution in [0.5, 0.6) is 0 Å². The Bertz CT molecular complexity index is 88.2. The zero-order valence-corrected chi connectivity index (χ0v) is 7.97. The van der Waals surface area contributed by atoms with Crippen LogP contribution in [0, 0.1) is 18.3 Å². The Morgan fingerprint density at radius 1 is 1.18 bits per heavy atom. The lowest BCUT2D eigenvalue weighted by atomic mass is 9.85. The first-order valence-corrected chi connectivity index (χ1v) is 5.12. The Kier molecular flexibility index (Phi) is 3.96. The fourth-order valence-electron chi connectivity index (χ4n) is 1.83. The van der Waals surface area contributed by atoms with E-state index in [1.54, 1.807) is 0 Å². The molecule has 0 amide bonds. The zero-order valence-electron chi connectivity index (χ0n) is 7.97. The molecule has 0 N–H and O–H groups in total. The standard InChI is InChI=1S/C11H21/c1-10(2)8-9-11-6-4-3-5-7-11/h9-11H,3-8H2,1-2H3. The van der Waals surface area contributed by atoms with Crippen LogP contribution in [-0.2, 0) is 0 Å². The molecule has 0 bridgehead atoms. The van der Waals surface area contributed by atoms with Crippen molar-refractivity contribution >= 4 is 0 Å². The SMILES string of the molecule is CC(C)C[CH]C1CCCCC1. The summed E-state index contributed by atoms with van der Waals surface area (Å²) in [5, 5.41) is 0. The highest BCUT2D eigenvalue weighted by Gasteiger charge is 2.13. The van der Waals surface area contributed by atoms with Crippen molar-refractivity contribution in [1.29, 1.82) is 0 Å². The molecule has 1 radical (unpaired) electrons. The van der Waals surface area contributed by atoms with Gasteiger partial charge in [-0.15, -0.1) is 0 Å². The highest BCUT2D eigenvalue weighted by molar-refractivity contribution is 4.79. The first-order chi connectivity index (χ1) is 5.29. The summed E-state index contributed by atoms with van der Waals surface area (Å²) in [7, 11) is 0. The smallest absolute Gasteiger partial charge is 0.0352 e. The van der Waals surface area contributed by atoms with E-state index >= 15 is 0 Å². The van der Waals surface area contributed by atoms with Crippen molar-refractivity contribution in [2.45, 2.75) is 52.4 Å². The van der Waals surface area contributed by atoms with E-state index in [9.17, 15) is 0 Å². The molecule has 0 heteroatoms. The maximum atomic E-state index is 2.56. The van der Waals surface area contributed by atoms with Gasteiger partial charge < -0.3 is 0 Å². The lowest BCUT2D eigenvalue weighted by molar-refractivity contribution is 0.380. The quantitative estimate of drug-likeness (QED) is 0.578. The molecule has 0 aromatic heterocycles. The van der Waals surface area contributed by atoms with Crippen molar-refractivity contribution in [3.63, 3.8) is 0 Å². The summed E-state index contributed by atoms with van der Waals surface area (Å²) in [5.74, 6) is 1.82. The molecule has 0 unspecified atom stereocenters. The van der Waals surface area contributed by atoms with Gasteiger partial charge in [0, 0.05) is 0 Å². The van der Waals surface area contributed by atoms with Crippen LogP contribution < -0.4 is 0 Å². The summed E-state index contributed by atoms with van der Waals surface area (Å²) >= 11 is 0. The van der Waals surface area contributed by atoms with E-state index in [4.69, 9.17) is 0 Å². The molecule has 0 heterocycles. The molecule has 1 aliphatic rings. The maximum Gasteiger partial charge on any atom is -0.0352 e. The van der Waals surface area contributed by atoms with Gasteiger partial charge in [-0.25, -0.2) is 0 Å². The molecule has 0 aromatic carbocycles. The molecule has 0 saturated heterocycles. The van der Waals surface area contributed by atoms with Crippen LogP contribution in [0.15, 0.2) is 0 Å². The molecule has 0 spiro atoms. The first kappa shape index (κ1) is 9.09. The zero-order chi connectivity index (χ0) is 8.10. The first-order valence-electron chi connectivity index (χ1n) is 5.12. The number of hydrogen-bond acceptors (Lipinski definition) is 0. The van der Waals surface area contributed by atoms with E-state index in [-0.39, 0.29) is 0 Å². The normalized spacial score (nSPS) is 21.0. The second-order valence-corrected chi connectivity index (χ2v) is 4.26. The van der Waals surface area contributed by atoms with Crippen molar-refractivity contribution in [3.8, 4) is 0 Å². The van der Waals surface area contributed by atoms with Gasteiger partial charge in [0.2, 0.25) is 0 Å². The van der Waals surface area contributed by atoms with Crippen LogP contribution in [0.1, 0.15) is 52.4 Å². The van der Waals surface area contributed by atoms with Gasteiger partial charge in [0.1, 0.15) is 0 Å². The third kappa shape index (κ3) is 3.79. The summed E-state index contributed by atoms with van der Waals surface area (Å²) in [6.45, 7) is 4.61. The van der Waals surface area contributed by atoms with Gasteiger partial charge in [0.15, 0.2) is 0 Å². The second-order valence-electron chi connectivity index (χ2n) is 4.26. The fourth-order valence-corrected chi connectivity index (χ4v) is 1.83. The minimum Gasteiger partial charge on any atom is -0.0628 e. The largest absolute Gasteiger partial charge is 0.0628 e. The van der Waals surface area contributed by atoms with Crippen molar-refractivity contribution in [1.82, 2.24) is 0 Å². The van der Waals surface area contributed by atoms with Gasteiger partial charge in [0.05, 0.1) is 0 Å². The summed E-state index contributed by atoms with van der Waals surface area (Å²) in [4.78, 5) is 0. The number of rotatable bonds is 3. The van der Waals surface area contributed by atoms with E-state index in [0.717, 1.165) is 11.8 Å². The summed E-state index contributed by atoms with van der Waals surface area (Å²) in [5.41, 5.74) is 0. The average molecular weight is 153 g/mol. The Balaban J connectivity index is 2.05. The molecule has 0 aromatic rings. The molecule has 0 nitrogen and oxygen atoms in total. The predicted octanol–water partition coefficient (Wildman–Crippen LogP) is 3.82. The van der Waals surface area contributed by atoms with Gasteiger partial charge in [-0.3, -0.25) is 0 Å². The molecule has 0 aliphatic heterocycles. The van der Waals surface area contributed by atoms with E-state index in [1.165, 1.54) is 38.5 Å². The minimum atomic E-state index is 0.858. The topological polar surface area (TPSA) is 0 Å². The van der Waals surface area contributed by atoms with Gasteiger partial charge >= 0.3 is 0 Å². The average Bonchev–Trinajstić information content (AvgIpc) is 2.03. The maximum absolute atomic E-state index is 2.56. The van der Waals surface area contributed by atoms with Crippen LogP contribution >= 0.6 is 0 Å².